The molecule has 0 spiro atoms. The van der Waals surface area contributed by atoms with Crippen molar-refractivity contribution in [3.05, 3.63) is 77.1 Å². The first-order chi connectivity index (χ1) is 15.2. The van der Waals surface area contributed by atoms with Crippen LogP contribution in [-0.2, 0) is 10.0 Å². The molecule has 1 aromatic heterocycles. The topological polar surface area (TPSA) is 111 Å². The molecular formula is C22H18ClN3O5S. The van der Waals surface area contributed by atoms with Crippen molar-refractivity contribution in [2.24, 2.45) is 0 Å². The molecule has 32 heavy (non-hydrogen) atoms. The third-order valence-corrected chi connectivity index (χ3v) is 6.16. The van der Waals surface area contributed by atoms with Crippen LogP contribution in [0.2, 0.25) is 5.02 Å². The number of carbonyl (C=O) groups is 1. The smallest absolute Gasteiger partial charge is 0.262 e. The van der Waals surface area contributed by atoms with Gasteiger partial charge in [-0.05, 0) is 54.6 Å². The molecule has 4 aromatic rings. The standard InChI is InChI=1S/C22H18ClN3O5S/c1-13-24-18-12-16(7-9-21(18)31-13)25-22(27)14-4-3-5-17(10-14)32(28,29)26-19-11-15(23)6-8-20(19)30-2/h3-12,26H,1-2H3,(H,25,27). The predicted molar refractivity (Wildman–Crippen MR) is 122 cm³/mol. The van der Waals surface area contributed by atoms with Gasteiger partial charge in [0, 0.05) is 23.2 Å². The minimum absolute atomic E-state index is 0.0882. The van der Waals surface area contributed by atoms with Crippen LogP contribution in [0.4, 0.5) is 11.4 Å². The van der Waals surface area contributed by atoms with Crippen LogP contribution < -0.4 is 14.8 Å². The summed E-state index contributed by atoms with van der Waals surface area (Å²) in [7, 11) is -2.59. The number of carbonyl (C=O) groups excluding carboxylic acids is 1. The second-order valence-electron chi connectivity index (χ2n) is 6.85. The summed E-state index contributed by atoms with van der Waals surface area (Å²) in [4.78, 5) is 16.9. The lowest BCUT2D eigenvalue weighted by molar-refractivity contribution is 0.102. The van der Waals surface area contributed by atoms with E-state index in [1.165, 1.54) is 37.4 Å². The summed E-state index contributed by atoms with van der Waals surface area (Å²) in [5, 5.41) is 3.08. The molecule has 0 aliphatic heterocycles. The summed E-state index contributed by atoms with van der Waals surface area (Å²) in [5.41, 5.74) is 2.08. The molecule has 0 saturated carbocycles. The van der Waals surface area contributed by atoms with Crippen molar-refractivity contribution in [2.75, 3.05) is 17.1 Å². The number of hydrogen-bond donors (Lipinski definition) is 2. The summed E-state index contributed by atoms with van der Waals surface area (Å²) in [5.74, 6) is 0.359. The minimum Gasteiger partial charge on any atom is -0.495 e. The summed E-state index contributed by atoms with van der Waals surface area (Å²) >= 11 is 5.98. The Labute approximate surface area is 189 Å². The zero-order valence-corrected chi connectivity index (χ0v) is 18.6. The van der Waals surface area contributed by atoms with Gasteiger partial charge in [0.15, 0.2) is 11.5 Å². The van der Waals surface area contributed by atoms with Crippen molar-refractivity contribution in [1.82, 2.24) is 4.98 Å². The second kappa shape index (κ2) is 8.52. The highest BCUT2D eigenvalue weighted by molar-refractivity contribution is 7.92. The van der Waals surface area contributed by atoms with E-state index in [9.17, 15) is 13.2 Å². The Bertz CT molecular complexity index is 1430. The second-order valence-corrected chi connectivity index (χ2v) is 8.97. The van der Waals surface area contributed by atoms with E-state index < -0.39 is 15.9 Å². The number of oxazole rings is 1. The zero-order chi connectivity index (χ0) is 22.9. The normalized spacial score (nSPS) is 11.3. The van der Waals surface area contributed by atoms with Crippen molar-refractivity contribution < 1.29 is 22.4 Å². The highest BCUT2D eigenvalue weighted by atomic mass is 35.5. The highest BCUT2D eigenvalue weighted by Gasteiger charge is 2.19. The van der Waals surface area contributed by atoms with Gasteiger partial charge in [0.05, 0.1) is 17.7 Å². The van der Waals surface area contributed by atoms with Gasteiger partial charge in [-0.25, -0.2) is 13.4 Å². The fraction of sp³-hybridized carbons (Fsp3) is 0.0909. The van der Waals surface area contributed by atoms with Crippen LogP contribution in [0.25, 0.3) is 11.1 Å². The molecule has 10 heteroatoms. The number of benzene rings is 3. The zero-order valence-electron chi connectivity index (χ0n) is 17.0. The van der Waals surface area contributed by atoms with Crippen molar-refractivity contribution in [3.8, 4) is 5.75 Å². The van der Waals surface area contributed by atoms with Crippen molar-refractivity contribution in [2.45, 2.75) is 11.8 Å². The average Bonchev–Trinajstić information content (AvgIpc) is 3.13. The number of nitrogens with one attached hydrogen (secondary N) is 2. The van der Waals surface area contributed by atoms with Crippen LogP contribution in [0, 0.1) is 6.92 Å². The quantitative estimate of drug-likeness (QED) is 0.416. The van der Waals surface area contributed by atoms with E-state index in [-0.39, 0.29) is 16.1 Å². The number of ether oxygens (including phenoxy) is 1. The SMILES string of the molecule is COc1ccc(Cl)cc1NS(=O)(=O)c1cccc(C(=O)Nc2ccc3oc(C)nc3c2)c1. The molecule has 4 rings (SSSR count). The number of fused-ring (bicyclic) bond motifs is 1. The first-order valence-corrected chi connectivity index (χ1v) is 11.3. The highest BCUT2D eigenvalue weighted by Crippen LogP contribution is 2.30. The van der Waals surface area contributed by atoms with E-state index in [2.05, 4.69) is 15.0 Å². The van der Waals surface area contributed by atoms with Crippen LogP contribution in [0.1, 0.15) is 16.2 Å². The van der Waals surface area contributed by atoms with Gasteiger partial charge >= 0.3 is 0 Å². The van der Waals surface area contributed by atoms with Crippen LogP contribution in [-0.4, -0.2) is 26.4 Å². The fourth-order valence-corrected chi connectivity index (χ4v) is 4.37. The van der Waals surface area contributed by atoms with Crippen molar-refractivity contribution in [3.63, 3.8) is 0 Å². The Morgan fingerprint density at radius 3 is 2.69 bits per heavy atom. The van der Waals surface area contributed by atoms with Gasteiger partial charge in [-0.3, -0.25) is 9.52 Å². The first-order valence-electron chi connectivity index (χ1n) is 9.40. The van der Waals surface area contributed by atoms with Crippen LogP contribution in [0.5, 0.6) is 5.75 Å². The van der Waals surface area contributed by atoms with Crippen LogP contribution in [0.15, 0.2) is 70.0 Å². The molecule has 8 nitrogen and oxygen atoms in total. The number of methoxy groups -OCH3 is 1. The molecule has 164 valence electrons. The third kappa shape index (κ3) is 4.53. The van der Waals surface area contributed by atoms with Gasteiger partial charge in [0.1, 0.15) is 11.3 Å². The molecular weight excluding hydrogens is 454 g/mol. The Morgan fingerprint density at radius 1 is 1.09 bits per heavy atom. The van der Waals surface area contributed by atoms with E-state index >= 15 is 0 Å². The van der Waals surface area contributed by atoms with Crippen LogP contribution >= 0.6 is 11.6 Å². The lowest BCUT2D eigenvalue weighted by Crippen LogP contribution is -2.16. The summed E-state index contributed by atoms with van der Waals surface area (Å²) in [6.07, 6.45) is 0. The first kappa shape index (κ1) is 21.7. The lowest BCUT2D eigenvalue weighted by Gasteiger charge is -2.13. The number of sulfonamides is 1. The molecule has 0 aliphatic rings. The molecule has 3 aromatic carbocycles. The number of hydrogen-bond acceptors (Lipinski definition) is 6. The Hall–Kier alpha value is -3.56. The van der Waals surface area contributed by atoms with Crippen LogP contribution in [0.3, 0.4) is 0 Å². The van der Waals surface area contributed by atoms with Gasteiger partial charge in [0.2, 0.25) is 0 Å². The molecule has 0 aliphatic carbocycles. The molecule has 0 unspecified atom stereocenters. The number of rotatable bonds is 6. The summed E-state index contributed by atoms with van der Waals surface area (Å²) in [6.45, 7) is 1.73. The van der Waals surface area contributed by atoms with E-state index in [1.807, 2.05) is 0 Å². The van der Waals surface area contributed by atoms with E-state index in [0.29, 0.717) is 33.4 Å². The Morgan fingerprint density at radius 2 is 1.91 bits per heavy atom. The third-order valence-electron chi connectivity index (χ3n) is 4.56. The van der Waals surface area contributed by atoms with E-state index in [0.717, 1.165) is 0 Å². The summed E-state index contributed by atoms with van der Waals surface area (Å²) in [6, 6.07) is 15.3. The fourth-order valence-electron chi connectivity index (χ4n) is 3.09. The number of halogens is 1. The monoisotopic (exact) mass is 471 g/mol. The lowest BCUT2D eigenvalue weighted by atomic mass is 10.2. The molecule has 0 saturated heterocycles. The van der Waals surface area contributed by atoms with Crippen molar-refractivity contribution in [1.29, 1.82) is 0 Å². The maximum Gasteiger partial charge on any atom is 0.262 e. The van der Waals surface area contributed by atoms with Gasteiger partial charge < -0.3 is 14.5 Å². The number of aromatic nitrogens is 1. The molecule has 1 amide bonds. The van der Waals surface area contributed by atoms with Gasteiger partial charge in [-0.1, -0.05) is 17.7 Å². The van der Waals surface area contributed by atoms with Gasteiger partial charge in [0.25, 0.3) is 15.9 Å². The molecule has 0 fully saturated rings. The van der Waals surface area contributed by atoms with Crippen molar-refractivity contribution >= 4 is 50.0 Å². The molecule has 2 N–H and O–H groups in total. The maximum atomic E-state index is 12.9. The molecule has 0 radical (unpaired) electrons. The van der Waals surface area contributed by atoms with E-state index in [1.54, 1.807) is 37.3 Å². The predicted octanol–water partition coefficient (Wildman–Crippen LogP) is 4.85. The number of aryl methyl sites for hydroxylation is 1. The Kier molecular flexibility index (Phi) is 5.77. The average molecular weight is 472 g/mol. The maximum absolute atomic E-state index is 12.9. The van der Waals surface area contributed by atoms with E-state index in [4.69, 9.17) is 20.8 Å². The molecule has 1 heterocycles. The largest absolute Gasteiger partial charge is 0.495 e. The summed E-state index contributed by atoms with van der Waals surface area (Å²) < 4.78 is 38.9. The Balaban J connectivity index is 1.58. The van der Waals surface area contributed by atoms with Gasteiger partial charge in [-0.15, -0.1) is 0 Å². The molecule has 0 atom stereocenters. The number of amides is 1. The number of nitrogens with zero attached hydrogens (tertiary/aromatic N) is 1. The number of anilines is 2. The van der Waals surface area contributed by atoms with Gasteiger partial charge in [-0.2, -0.15) is 0 Å². The molecule has 0 bridgehead atoms. The minimum atomic E-state index is -4.01.